The summed E-state index contributed by atoms with van der Waals surface area (Å²) in [7, 11) is 0. The van der Waals surface area contributed by atoms with E-state index in [-0.39, 0.29) is 11.7 Å². The minimum absolute atomic E-state index is 0.228. The third-order valence-electron chi connectivity index (χ3n) is 3.66. The van der Waals surface area contributed by atoms with Gasteiger partial charge in [0.15, 0.2) is 0 Å². The van der Waals surface area contributed by atoms with Crippen LogP contribution in [0.4, 0.5) is 4.39 Å². The number of nitrogens with one attached hydrogen (secondary N) is 2. The number of rotatable bonds is 4. The highest BCUT2D eigenvalue weighted by Gasteiger charge is 2.11. The molecule has 0 aliphatic heterocycles. The van der Waals surface area contributed by atoms with E-state index in [2.05, 4.69) is 15.5 Å². The number of aromatic amines is 1. The summed E-state index contributed by atoms with van der Waals surface area (Å²) in [6, 6.07) is 15.5. The standard InChI is InChI=1S/C18H16FN3O/c1-12-4-2-3-5-14(12)11-20-18(23)17-10-16(21-22-17)13-6-8-15(19)9-7-13/h2-10H,11H2,1H3,(H,20,23)(H,21,22). The molecule has 0 bridgehead atoms. The van der Waals surface area contributed by atoms with E-state index in [1.807, 2.05) is 31.2 Å². The molecule has 0 aliphatic carbocycles. The molecule has 5 heteroatoms. The Morgan fingerprint density at radius 2 is 1.91 bits per heavy atom. The Kier molecular flexibility index (Phi) is 4.19. The number of nitrogens with zero attached hydrogens (tertiary/aromatic N) is 1. The van der Waals surface area contributed by atoms with E-state index in [9.17, 15) is 9.18 Å². The van der Waals surface area contributed by atoms with Crippen LogP contribution >= 0.6 is 0 Å². The van der Waals surface area contributed by atoms with Crippen molar-refractivity contribution >= 4 is 5.91 Å². The minimum Gasteiger partial charge on any atom is -0.347 e. The largest absolute Gasteiger partial charge is 0.347 e. The Morgan fingerprint density at radius 1 is 1.17 bits per heavy atom. The van der Waals surface area contributed by atoms with Crippen molar-refractivity contribution in [2.45, 2.75) is 13.5 Å². The summed E-state index contributed by atoms with van der Waals surface area (Å²) in [5.41, 5.74) is 3.92. The van der Waals surface area contributed by atoms with Crippen molar-refractivity contribution in [2.75, 3.05) is 0 Å². The maximum absolute atomic E-state index is 12.9. The van der Waals surface area contributed by atoms with Gasteiger partial charge in [0.2, 0.25) is 0 Å². The first kappa shape index (κ1) is 15.0. The van der Waals surface area contributed by atoms with Gasteiger partial charge in [0, 0.05) is 12.1 Å². The quantitative estimate of drug-likeness (QED) is 0.775. The van der Waals surface area contributed by atoms with Gasteiger partial charge >= 0.3 is 0 Å². The van der Waals surface area contributed by atoms with Gasteiger partial charge in [-0.05, 0) is 48.4 Å². The van der Waals surface area contributed by atoms with Crippen molar-refractivity contribution in [3.63, 3.8) is 0 Å². The molecule has 1 aromatic heterocycles. The van der Waals surface area contributed by atoms with Crippen LogP contribution in [-0.2, 0) is 6.54 Å². The van der Waals surface area contributed by atoms with Crippen LogP contribution in [0.1, 0.15) is 21.6 Å². The van der Waals surface area contributed by atoms with Crippen molar-refractivity contribution < 1.29 is 9.18 Å². The first-order valence-electron chi connectivity index (χ1n) is 7.27. The number of halogens is 1. The number of carbonyl (C=O) groups is 1. The summed E-state index contributed by atoms with van der Waals surface area (Å²) in [5, 5.41) is 9.67. The summed E-state index contributed by atoms with van der Waals surface area (Å²) in [5.74, 6) is -0.533. The number of hydrogen-bond donors (Lipinski definition) is 2. The minimum atomic E-state index is -0.305. The lowest BCUT2D eigenvalue weighted by molar-refractivity contribution is 0.0946. The summed E-state index contributed by atoms with van der Waals surface area (Å²) >= 11 is 0. The van der Waals surface area contributed by atoms with Crippen LogP contribution in [0.15, 0.2) is 54.6 Å². The van der Waals surface area contributed by atoms with Crippen molar-refractivity contribution in [2.24, 2.45) is 0 Å². The molecule has 0 fully saturated rings. The van der Waals surface area contributed by atoms with E-state index in [4.69, 9.17) is 0 Å². The van der Waals surface area contributed by atoms with Gasteiger partial charge < -0.3 is 5.32 Å². The van der Waals surface area contributed by atoms with E-state index in [0.29, 0.717) is 17.9 Å². The van der Waals surface area contributed by atoms with Crippen molar-refractivity contribution in [1.29, 1.82) is 0 Å². The molecule has 0 atom stereocenters. The van der Waals surface area contributed by atoms with Crippen LogP contribution in [0.5, 0.6) is 0 Å². The smallest absolute Gasteiger partial charge is 0.269 e. The Bertz CT molecular complexity index is 824. The van der Waals surface area contributed by atoms with Gasteiger partial charge in [-0.15, -0.1) is 0 Å². The van der Waals surface area contributed by atoms with Crippen LogP contribution in [-0.4, -0.2) is 16.1 Å². The molecule has 3 aromatic rings. The van der Waals surface area contributed by atoms with Crippen molar-refractivity contribution in [3.05, 3.63) is 77.2 Å². The molecule has 23 heavy (non-hydrogen) atoms. The van der Waals surface area contributed by atoms with Gasteiger partial charge in [-0.3, -0.25) is 9.89 Å². The summed E-state index contributed by atoms with van der Waals surface area (Å²) in [6.07, 6.45) is 0. The molecule has 1 amide bonds. The average Bonchev–Trinajstić information content (AvgIpc) is 3.04. The average molecular weight is 309 g/mol. The lowest BCUT2D eigenvalue weighted by atomic mass is 10.1. The van der Waals surface area contributed by atoms with Crippen molar-refractivity contribution in [1.82, 2.24) is 15.5 Å². The number of aromatic nitrogens is 2. The lowest BCUT2D eigenvalue weighted by Gasteiger charge is -2.06. The van der Waals surface area contributed by atoms with E-state index >= 15 is 0 Å². The first-order chi connectivity index (χ1) is 11.1. The van der Waals surface area contributed by atoms with Gasteiger partial charge in [-0.2, -0.15) is 5.10 Å². The Morgan fingerprint density at radius 3 is 2.65 bits per heavy atom. The fraction of sp³-hybridized carbons (Fsp3) is 0.111. The molecule has 4 nitrogen and oxygen atoms in total. The van der Waals surface area contributed by atoms with Gasteiger partial charge in [0.25, 0.3) is 5.91 Å². The van der Waals surface area contributed by atoms with Crippen LogP contribution in [0, 0.1) is 12.7 Å². The van der Waals surface area contributed by atoms with Crippen molar-refractivity contribution in [3.8, 4) is 11.3 Å². The molecule has 1 heterocycles. The zero-order valence-corrected chi connectivity index (χ0v) is 12.6. The number of carbonyl (C=O) groups excluding carboxylic acids is 1. The van der Waals surface area contributed by atoms with E-state index < -0.39 is 0 Å². The van der Waals surface area contributed by atoms with Gasteiger partial charge in [0.1, 0.15) is 11.5 Å². The third-order valence-corrected chi connectivity index (χ3v) is 3.66. The lowest BCUT2D eigenvalue weighted by Crippen LogP contribution is -2.23. The zero-order valence-electron chi connectivity index (χ0n) is 12.6. The second kappa shape index (κ2) is 6.44. The topological polar surface area (TPSA) is 57.8 Å². The first-order valence-corrected chi connectivity index (χ1v) is 7.27. The van der Waals surface area contributed by atoms with Crippen LogP contribution in [0.25, 0.3) is 11.3 Å². The van der Waals surface area contributed by atoms with Crippen LogP contribution in [0.3, 0.4) is 0 Å². The zero-order chi connectivity index (χ0) is 16.2. The predicted octanol–water partition coefficient (Wildman–Crippen LogP) is 3.45. The number of H-pyrrole nitrogens is 1. The highest BCUT2D eigenvalue weighted by atomic mass is 19.1. The molecule has 0 unspecified atom stereocenters. The Hall–Kier alpha value is -2.95. The molecule has 0 radical (unpaired) electrons. The number of amides is 1. The van der Waals surface area contributed by atoms with E-state index in [1.165, 1.54) is 12.1 Å². The Balaban J connectivity index is 1.69. The highest BCUT2D eigenvalue weighted by molar-refractivity contribution is 5.93. The number of benzene rings is 2. The SMILES string of the molecule is Cc1ccccc1CNC(=O)c1cc(-c2ccc(F)cc2)n[nH]1. The second-order valence-electron chi connectivity index (χ2n) is 5.28. The Labute approximate surface area is 133 Å². The van der Waals surface area contributed by atoms with Gasteiger partial charge in [-0.1, -0.05) is 24.3 Å². The summed E-state index contributed by atoms with van der Waals surface area (Å²) in [4.78, 5) is 12.2. The molecule has 0 spiro atoms. The van der Waals surface area contributed by atoms with Crippen LogP contribution in [0.2, 0.25) is 0 Å². The second-order valence-corrected chi connectivity index (χ2v) is 5.28. The summed E-state index contributed by atoms with van der Waals surface area (Å²) < 4.78 is 12.9. The normalized spacial score (nSPS) is 10.5. The molecule has 0 aliphatic rings. The van der Waals surface area contributed by atoms with E-state index in [1.54, 1.807) is 18.2 Å². The molecule has 2 N–H and O–H groups in total. The molecular formula is C18H16FN3O. The van der Waals surface area contributed by atoms with Crippen LogP contribution < -0.4 is 5.32 Å². The third kappa shape index (κ3) is 3.45. The fourth-order valence-electron chi connectivity index (χ4n) is 2.29. The maximum atomic E-state index is 12.9. The molecular weight excluding hydrogens is 293 g/mol. The highest BCUT2D eigenvalue weighted by Crippen LogP contribution is 2.18. The fourth-order valence-corrected chi connectivity index (χ4v) is 2.29. The molecule has 0 saturated heterocycles. The molecule has 2 aromatic carbocycles. The van der Waals surface area contributed by atoms with E-state index in [0.717, 1.165) is 16.7 Å². The maximum Gasteiger partial charge on any atom is 0.269 e. The van der Waals surface area contributed by atoms with Gasteiger partial charge in [0.05, 0.1) is 5.69 Å². The number of hydrogen-bond acceptors (Lipinski definition) is 2. The van der Waals surface area contributed by atoms with Gasteiger partial charge in [-0.25, -0.2) is 4.39 Å². The number of aryl methyl sites for hydroxylation is 1. The molecule has 3 rings (SSSR count). The summed E-state index contributed by atoms with van der Waals surface area (Å²) in [6.45, 7) is 2.46. The monoisotopic (exact) mass is 309 g/mol. The molecule has 0 saturated carbocycles. The predicted molar refractivity (Wildman–Crippen MR) is 86.3 cm³/mol. The molecule has 116 valence electrons.